The van der Waals surface area contributed by atoms with Gasteiger partial charge in [-0.15, -0.1) is 0 Å². The molecule has 0 bridgehead atoms. The van der Waals surface area contributed by atoms with E-state index < -0.39 is 0 Å². The number of hydrogen-bond acceptors (Lipinski definition) is 3. The molecule has 0 radical (unpaired) electrons. The zero-order valence-corrected chi connectivity index (χ0v) is 9.22. The molecule has 2 heterocycles. The summed E-state index contributed by atoms with van der Waals surface area (Å²) in [5.74, 6) is 2.71. The molecule has 3 atom stereocenters. The minimum Gasteiger partial charge on any atom is -0.328 e. The molecule has 0 saturated carbocycles. The number of piperidine rings is 1. The summed E-state index contributed by atoms with van der Waals surface area (Å²) in [6.07, 6.45) is 3.79. The third-order valence-electron chi connectivity index (χ3n) is 3.34. The molecule has 3 heteroatoms. The minimum absolute atomic E-state index is 0.459. The molecule has 2 nitrogen and oxygen atoms in total. The molecule has 2 aliphatic rings. The molecule has 2 aliphatic heterocycles. The van der Waals surface area contributed by atoms with Crippen molar-refractivity contribution in [1.82, 2.24) is 4.90 Å². The van der Waals surface area contributed by atoms with Gasteiger partial charge in [0.05, 0.1) is 0 Å². The van der Waals surface area contributed by atoms with Crippen LogP contribution in [0.4, 0.5) is 0 Å². The summed E-state index contributed by atoms with van der Waals surface area (Å²) in [5, 5.41) is 0. The summed E-state index contributed by atoms with van der Waals surface area (Å²) in [5.41, 5.74) is 5.95. The van der Waals surface area contributed by atoms with Gasteiger partial charge in [0.1, 0.15) is 0 Å². The zero-order chi connectivity index (χ0) is 9.26. The van der Waals surface area contributed by atoms with Crippen LogP contribution in [0.3, 0.4) is 0 Å². The standard InChI is InChI=1S/C10H20N2S/c1-8-6-9(11)2-4-12(8)10-3-5-13-7-10/h8-10H,2-7,11H2,1H3. The predicted octanol–water partition coefficient (Wildman–Crippen LogP) is 1.30. The summed E-state index contributed by atoms with van der Waals surface area (Å²) in [7, 11) is 0. The number of thioether (sulfide) groups is 1. The Kier molecular flexibility index (Phi) is 3.17. The first-order valence-corrected chi connectivity index (χ1v) is 6.52. The molecular weight excluding hydrogens is 180 g/mol. The van der Waals surface area contributed by atoms with Crippen molar-refractivity contribution in [1.29, 1.82) is 0 Å². The van der Waals surface area contributed by atoms with E-state index in [9.17, 15) is 0 Å². The molecule has 0 spiro atoms. The summed E-state index contributed by atoms with van der Waals surface area (Å²) >= 11 is 2.11. The van der Waals surface area contributed by atoms with Gasteiger partial charge in [-0.05, 0) is 31.9 Å². The van der Waals surface area contributed by atoms with Crippen LogP contribution < -0.4 is 5.73 Å². The van der Waals surface area contributed by atoms with Gasteiger partial charge >= 0.3 is 0 Å². The van der Waals surface area contributed by atoms with E-state index in [0.29, 0.717) is 12.1 Å². The molecule has 2 rings (SSSR count). The van der Waals surface area contributed by atoms with Gasteiger partial charge in [0.25, 0.3) is 0 Å². The highest BCUT2D eigenvalue weighted by Gasteiger charge is 2.30. The minimum atomic E-state index is 0.459. The first-order valence-electron chi connectivity index (χ1n) is 5.36. The van der Waals surface area contributed by atoms with Gasteiger partial charge in [0, 0.05) is 30.4 Å². The number of nitrogens with two attached hydrogens (primary N) is 1. The van der Waals surface area contributed by atoms with E-state index in [0.717, 1.165) is 6.04 Å². The molecule has 0 aromatic heterocycles. The average Bonchev–Trinajstić information content (AvgIpc) is 2.56. The maximum atomic E-state index is 5.95. The Morgan fingerprint density at radius 1 is 1.38 bits per heavy atom. The number of nitrogens with zero attached hydrogens (tertiary/aromatic N) is 1. The third-order valence-corrected chi connectivity index (χ3v) is 4.49. The lowest BCUT2D eigenvalue weighted by atomic mass is 9.97. The van der Waals surface area contributed by atoms with Crippen LogP contribution in [0, 0.1) is 0 Å². The van der Waals surface area contributed by atoms with Crippen LogP contribution >= 0.6 is 11.8 Å². The molecule has 0 aromatic rings. The van der Waals surface area contributed by atoms with E-state index >= 15 is 0 Å². The van der Waals surface area contributed by atoms with Crippen molar-refractivity contribution >= 4 is 11.8 Å². The van der Waals surface area contributed by atoms with Gasteiger partial charge in [0.2, 0.25) is 0 Å². The highest BCUT2D eigenvalue weighted by atomic mass is 32.2. The quantitative estimate of drug-likeness (QED) is 0.692. The van der Waals surface area contributed by atoms with Crippen LogP contribution in [0.15, 0.2) is 0 Å². The molecule has 13 heavy (non-hydrogen) atoms. The van der Waals surface area contributed by atoms with Crippen molar-refractivity contribution < 1.29 is 0 Å². The summed E-state index contributed by atoms with van der Waals surface area (Å²) < 4.78 is 0. The molecule has 3 unspecified atom stereocenters. The third kappa shape index (κ3) is 2.20. The normalized spacial score (nSPS) is 42.5. The lowest BCUT2D eigenvalue weighted by Crippen LogP contribution is -2.50. The Morgan fingerprint density at radius 3 is 2.85 bits per heavy atom. The molecule has 2 fully saturated rings. The fourth-order valence-corrected chi connectivity index (χ4v) is 3.79. The second-order valence-electron chi connectivity index (χ2n) is 4.39. The summed E-state index contributed by atoms with van der Waals surface area (Å²) in [6, 6.07) is 2.03. The smallest absolute Gasteiger partial charge is 0.0197 e. The van der Waals surface area contributed by atoms with Crippen molar-refractivity contribution in [2.45, 2.75) is 44.3 Å². The van der Waals surface area contributed by atoms with Gasteiger partial charge < -0.3 is 5.73 Å². The highest BCUT2D eigenvalue weighted by Crippen LogP contribution is 2.27. The second-order valence-corrected chi connectivity index (χ2v) is 5.54. The van der Waals surface area contributed by atoms with Crippen LogP contribution in [0.2, 0.25) is 0 Å². The molecule has 2 N–H and O–H groups in total. The van der Waals surface area contributed by atoms with E-state index in [4.69, 9.17) is 5.73 Å². The topological polar surface area (TPSA) is 29.3 Å². The number of likely N-dealkylation sites (tertiary alicyclic amines) is 1. The molecule has 0 amide bonds. The summed E-state index contributed by atoms with van der Waals surface area (Å²) in [6.45, 7) is 3.57. The van der Waals surface area contributed by atoms with E-state index in [1.165, 1.54) is 37.3 Å². The van der Waals surface area contributed by atoms with Gasteiger partial charge in [-0.3, -0.25) is 4.90 Å². The largest absolute Gasteiger partial charge is 0.328 e. The van der Waals surface area contributed by atoms with Gasteiger partial charge in [-0.25, -0.2) is 0 Å². The molecule has 0 aliphatic carbocycles. The van der Waals surface area contributed by atoms with Crippen molar-refractivity contribution in [2.24, 2.45) is 5.73 Å². The maximum Gasteiger partial charge on any atom is 0.0197 e. The Balaban J connectivity index is 1.91. The highest BCUT2D eigenvalue weighted by molar-refractivity contribution is 7.99. The Bertz CT molecular complexity index is 168. The monoisotopic (exact) mass is 200 g/mol. The fraction of sp³-hybridized carbons (Fsp3) is 1.00. The average molecular weight is 200 g/mol. The Morgan fingerprint density at radius 2 is 2.23 bits per heavy atom. The van der Waals surface area contributed by atoms with E-state index in [1.807, 2.05) is 0 Å². The van der Waals surface area contributed by atoms with Crippen LogP contribution in [0.1, 0.15) is 26.2 Å². The molecular formula is C10H20N2S. The number of hydrogen-bond donors (Lipinski definition) is 1. The van der Waals surface area contributed by atoms with Gasteiger partial charge in [0.15, 0.2) is 0 Å². The maximum absolute atomic E-state index is 5.95. The second kappa shape index (κ2) is 4.20. The van der Waals surface area contributed by atoms with Crippen LogP contribution in [0.5, 0.6) is 0 Å². The van der Waals surface area contributed by atoms with Crippen LogP contribution in [0.25, 0.3) is 0 Å². The Hall–Kier alpha value is 0.270. The summed E-state index contributed by atoms with van der Waals surface area (Å²) in [4.78, 5) is 2.68. The van der Waals surface area contributed by atoms with Gasteiger partial charge in [-0.2, -0.15) is 11.8 Å². The molecule has 76 valence electrons. The van der Waals surface area contributed by atoms with Crippen molar-refractivity contribution in [3.8, 4) is 0 Å². The lowest BCUT2D eigenvalue weighted by Gasteiger charge is -2.40. The van der Waals surface area contributed by atoms with E-state index in [-0.39, 0.29) is 0 Å². The van der Waals surface area contributed by atoms with Crippen molar-refractivity contribution in [3.63, 3.8) is 0 Å². The molecule has 0 aromatic carbocycles. The first kappa shape index (κ1) is 9.81. The van der Waals surface area contributed by atoms with Gasteiger partial charge in [-0.1, -0.05) is 0 Å². The fourth-order valence-electron chi connectivity index (χ4n) is 2.55. The predicted molar refractivity (Wildman–Crippen MR) is 59.1 cm³/mol. The lowest BCUT2D eigenvalue weighted by molar-refractivity contribution is 0.107. The zero-order valence-electron chi connectivity index (χ0n) is 8.41. The van der Waals surface area contributed by atoms with E-state index in [2.05, 4.69) is 23.6 Å². The SMILES string of the molecule is CC1CC(N)CCN1C1CCSC1. The van der Waals surface area contributed by atoms with Crippen LogP contribution in [-0.4, -0.2) is 41.1 Å². The molecule has 2 saturated heterocycles. The van der Waals surface area contributed by atoms with E-state index in [1.54, 1.807) is 0 Å². The number of rotatable bonds is 1. The van der Waals surface area contributed by atoms with Crippen LogP contribution in [-0.2, 0) is 0 Å². The van der Waals surface area contributed by atoms with Crippen molar-refractivity contribution in [3.05, 3.63) is 0 Å². The first-order chi connectivity index (χ1) is 6.27. The van der Waals surface area contributed by atoms with Crippen molar-refractivity contribution in [2.75, 3.05) is 18.1 Å². The Labute approximate surface area is 85.2 Å².